The van der Waals surface area contributed by atoms with Crippen LogP contribution in [0, 0.1) is 6.07 Å². The smallest absolute Gasteiger partial charge is 0.195 e. The van der Waals surface area contributed by atoms with Crippen molar-refractivity contribution in [1.82, 2.24) is 19.4 Å². The van der Waals surface area contributed by atoms with Crippen molar-refractivity contribution in [2.45, 2.75) is 26.2 Å². The Kier molecular flexibility index (Phi) is 6.03. The van der Waals surface area contributed by atoms with Crippen LogP contribution in [0.4, 0.5) is 0 Å². The molecule has 185 valence electrons. The lowest BCUT2D eigenvalue weighted by molar-refractivity contribution is 0.0322. The number of hydrogen-bond donors (Lipinski definition) is 0. The minimum atomic E-state index is -0.0738. The molecule has 3 aromatic heterocycles. The largest absolute Gasteiger partial charge is 0.492 e. The van der Waals surface area contributed by atoms with E-state index in [0.29, 0.717) is 6.61 Å². The Hall–Kier alpha value is -3.20. The minimum absolute atomic E-state index is 0.0738. The van der Waals surface area contributed by atoms with Crippen LogP contribution in [-0.2, 0) is 10.2 Å². The van der Waals surface area contributed by atoms with Crippen LogP contribution in [-0.4, -0.2) is 58.9 Å². The molecule has 1 fully saturated rings. The van der Waals surface area contributed by atoms with Crippen molar-refractivity contribution in [3.63, 3.8) is 0 Å². The second kappa shape index (κ2) is 9.35. The molecule has 8 heteroatoms. The fourth-order valence-corrected chi connectivity index (χ4v) is 5.36. The Morgan fingerprint density at radius 1 is 1.08 bits per heavy atom. The van der Waals surface area contributed by atoms with E-state index in [-0.39, 0.29) is 5.41 Å². The normalized spacial score (nSPS) is 15.2. The maximum absolute atomic E-state index is 6.03. The fourth-order valence-electron chi connectivity index (χ4n) is 4.33. The molecule has 0 N–H and O–H groups in total. The highest BCUT2D eigenvalue weighted by Gasteiger charge is 2.20. The lowest BCUT2D eigenvalue weighted by Crippen LogP contribution is -2.38. The van der Waals surface area contributed by atoms with Gasteiger partial charge in [0.1, 0.15) is 23.8 Å². The number of ether oxygens (including phenoxy) is 2. The third kappa shape index (κ3) is 4.64. The Morgan fingerprint density at radius 2 is 1.94 bits per heavy atom. The molecule has 0 spiro atoms. The molecule has 1 saturated heterocycles. The van der Waals surface area contributed by atoms with Gasteiger partial charge in [-0.2, -0.15) is 0 Å². The Morgan fingerprint density at radius 3 is 2.69 bits per heavy atom. The Balaban J connectivity index is 1.17. The highest BCUT2D eigenvalue weighted by Crippen LogP contribution is 2.33. The summed E-state index contributed by atoms with van der Waals surface area (Å²) in [6, 6.07) is 17.7. The molecule has 1 radical (unpaired) electrons. The van der Waals surface area contributed by atoms with E-state index in [1.807, 2.05) is 30.3 Å². The second-order valence-electron chi connectivity index (χ2n) is 10.1. The summed E-state index contributed by atoms with van der Waals surface area (Å²) in [5, 5.41) is 4.23. The molecular formula is C28H29N4O3S. The molecule has 0 saturated carbocycles. The number of imidazole rings is 1. The van der Waals surface area contributed by atoms with Crippen LogP contribution in [0.5, 0.6) is 5.75 Å². The molecule has 0 aliphatic carbocycles. The van der Waals surface area contributed by atoms with Gasteiger partial charge in [-0.25, -0.2) is 4.98 Å². The molecule has 0 bridgehead atoms. The molecule has 4 heterocycles. The van der Waals surface area contributed by atoms with E-state index < -0.39 is 0 Å². The molecule has 0 atom stereocenters. The quantitative estimate of drug-likeness (QED) is 0.298. The van der Waals surface area contributed by atoms with E-state index in [4.69, 9.17) is 19.0 Å². The van der Waals surface area contributed by atoms with E-state index in [1.54, 1.807) is 11.3 Å². The number of thiazole rings is 1. The first-order valence-corrected chi connectivity index (χ1v) is 13.1. The van der Waals surface area contributed by atoms with E-state index in [0.717, 1.165) is 82.1 Å². The van der Waals surface area contributed by atoms with Gasteiger partial charge in [0.25, 0.3) is 0 Å². The van der Waals surface area contributed by atoms with Crippen LogP contribution in [0.2, 0.25) is 0 Å². The predicted molar refractivity (Wildman–Crippen MR) is 142 cm³/mol. The lowest BCUT2D eigenvalue weighted by atomic mass is 9.93. The van der Waals surface area contributed by atoms with Crippen molar-refractivity contribution in [3.8, 4) is 28.3 Å². The third-order valence-corrected chi connectivity index (χ3v) is 7.50. The van der Waals surface area contributed by atoms with Crippen molar-refractivity contribution >= 4 is 26.5 Å². The topological polar surface area (TPSA) is 65.0 Å². The van der Waals surface area contributed by atoms with E-state index in [9.17, 15) is 0 Å². The van der Waals surface area contributed by atoms with E-state index in [2.05, 4.69) is 59.6 Å². The van der Waals surface area contributed by atoms with Crippen LogP contribution >= 0.6 is 11.3 Å². The summed E-state index contributed by atoms with van der Waals surface area (Å²) in [5.41, 5.74) is 4.70. The molecule has 5 aromatic rings. The molecular weight excluding hydrogens is 472 g/mol. The summed E-state index contributed by atoms with van der Waals surface area (Å²) in [6.07, 6.45) is 2.08. The molecule has 7 nitrogen and oxygen atoms in total. The molecule has 2 aromatic carbocycles. The molecule has 0 amide bonds. The number of rotatable bonds is 6. The average molecular weight is 502 g/mol. The van der Waals surface area contributed by atoms with Crippen LogP contribution in [0.15, 0.2) is 53.2 Å². The molecule has 36 heavy (non-hydrogen) atoms. The van der Waals surface area contributed by atoms with E-state index >= 15 is 0 Å². The van der Waals surface area contributed by atoms with Crippen LogP contribution in [0.25, 0.3) is 37.7 Å². The molecule has 1 aliphatic heterocycles. The Labute approximate surface area is 214 Å². The van der Waals surface area contributed by atoms with Gasteiger partial charge in [0.05, 0.1) is 29.1 Å². The first-order valence-electron chi connectivity index (χ1n) is 12.3. The fraction of sp³-hybridized carbons (Fsp3) is 0.357. The Bertz CT molecular complexity index is 1490. The monoisotopic (exact) mass is 501 g/mol. The van der Waals surface area contributed by atoms with Gasteiger partial charge in [-0.3, -0.25) is 9.30 Å². The van der Waals surface area contributed by atoms with Gasteiger partial charge < -0.3 is 14.0 Å². The number of fused-ring (bicyclic) bond motifs is 3. The summed E-state index contributed by atoms with van der Waals surface area (Å²) < 4.78 is 20.3. The number of hydrogen-bond acceptors (Lipinski definition) is 7. The van der Waals surface area contributed by atoms with Gasteiger partial charge in [0.2, 0.25) is 0 Å². The van der Waals surface area contributed by atoms with Gasteiger partial charge >= 0.3 is 0 Å². The van der Waals surface area contributed by atoms with E-state index in [1.165, 1.54) is 0 Å². The number of benzene rings is 2. The zero-order valence-corrected chi connectivity index (χ0v) is 21.6. The number of aromatic nitrogens is 3. The maximum Gasteiger partial charge on any atom is 0.195 e. The van der Waals surface area contributed by atoms with Crippen LogP contribution < -0.4 is 4.74 Å². The SMILES string of the molecule is CC(C)(C)c1cc(-c2c[c]c(-c3cn4c(n3)sc3cc(OCCN5CCOCC5)ccc34)cc2)no1. The average Bonchev–Trinajstić information content (AvgIpc) is 3.60. The predicted octanol–water partition coefficient (Wildman–Crippen LogP) is 5.68. The first kappa shape index (κ1) is 23.2. The van der Waals surface area contributed by atoms with Crippen molar-refractivity contribution in [1.29, 1.82) is 0 Å². The standard InChI is InChI=1S/C28H29N4O3S/c1-28(2,3)26-17-22(30-35-26)19-4-6-20(7-5-19)23-18-32-24-9-8-21(16-25(24)36-27(32)29-23)34-15-12-31-10-13-33-14-11-31/h4-6,8-9,16-18H,10-15H2,1-3H3. The third-order valence-electron chi connectivity index (χ3n) is 6.48. The lowest BCUT2D eigenvalue weighted by Gasteiger charge is -2.26. The van der Waals surface area contributed by atoms with Crippen molar-refractivity contribution < 1.29 is 14.0 Å². The van der Waals surface area contributed by atoms with Gasteiger partial charge in [0.15, 0.2) is 4.96 Å². The summed E-state index contributed by atoms with van der Waals surface area (Å²) in [6.45, 7) is 11.5. The van der Waals surface area contributed by atoms with Crippen LogP contribution in [0.1, 0.15) is 26.5 Å². The highest BCUT2D eigenvalue weighted by molar-refractivity contribution is 7.23. The number of nitrogens with zero attached hydrogens (tertiary/aromatic N) is 4. The molecule has 0 unspecified atom stereocenters. The van der Waals surface area contributed by atoms with Crippen molar-refractivity contribution in [3.05, 3.63) is 60.5 Å². The summed E-state index contributed by atoms with van der Waals surface area (Å²) in [5.74, 6) is 1.76. The first-order chi connectivity index (χ1) is 17.4. The van der Waals surface area contributed by atoms with Crippen molar-refractivity contribution in [2.24, 2.45) is 0 Å². The summed E-state index contributed by atoms with van der Waals surface area (Å²) in [7, 11) is 0. The minimum Gasteiger partial charge on any atom is -0.492 e. The van der Waals surface area contributed by atoms with Gasteiger partial charge in [-0.1, -0.05) is 49.4 Å². The van der Waals surface area contributed by atoms with Crippen LogP contribution in [0.3, 0.4) is 0 Å². The molecule has 1 aliphatic rings. The zero-order valence-electron chi connectivity index (χ0n) is 20.8. The number of morpholine rings is 1. The summed E-state index contributed by atoms with van der Waals surface area (Å²) in [4.78, 5) is 8.20. The van der Waals surface area contributed by atoms with Gasteiger partial charge in [-0.15, -0.1) is 0 Å². The highest BCUT2D eigenvalue weighted by atomic mass is 32.1. The maximum atomic E-state index is 6.03. The van der Waals surface area contributed by atoms with Crippen molar-refractivity contribution in [2.75, 3.05) is 39.5 Å². The summed E-state index contributed by atoms with van der Waals surface area (Å²) >= 11 is 1.67. The second-order valence-corrected chi connectivity index (χ2v) is 11.1. The molecule has 6 rings (SSSR count). The van der Waals surface area contributed by atoms with Gasteiger partial charge in [-0.05, 0) is 30.3 Å². The van der Waals surface area contributed by atoms with Gasteiger partial charge in [0, 0.05) is 48.4 Å². The zero-order chi connectivity index (χ0) is 24.7.